The van der Waals surface area contributed by atoms with Gasteiger partial charge in [-0.05, 0) is 13.2 Å². The third-order valence-corrected chi connectivity index (χ3v) is 2.81. The van der Waals surface area contributed by atoms with Gasteiger partial charge in [0.15, 0.2) is 0 Å². The third-order valence-electron chi connectivity index (χ3n) is 0.878. The van der Waals surface area contributed by atoms with Gasteiger partial charge in [-0.25, -0.2) is 0 Å². The Bertz CT molecular complexity index is 72.8. The smallest absolute Gasteiger partial charge is 0.118 e. The molecule has 0 aromatic carbocycles. The maximum absolute atomic E-state index is 5.22. The van der Waals surface area contributed by atoms with Gasteiger partial charge in [-0.1, -0.05) is 30.8 Å². The molecule has 0 amide bonds. The van der Waals surface area contributed by atoms with Gasteiger partial charge < -0.3 is 4.74 Å². The van der Waals surface area contributed by atoms with E-state index in [1.165, 1.54) is 0 Å². The van der Waals surface area contributed by atoms with Crippen molar-refractivity contribution in [1.82, 2.24) is 3.71 Å². The van der Waals surface area contributed by atoms with Crippen LogP contribution < -0.4 is 0 Å². The van der Waals surface area contributed by atoms with Crippen LogP contribution in [0.4, 0.5) is 0 Å². The quantitative estimate of drug-likeness (QED) is 0.460. The molecule has 0 aromatic rings. The highest BCUT2D eigenvalue weighted by Crippen LogP contribution is 2.17. The molecule has 0 N–H and O–H groups in total. The number of nitrogens with zero attached hydrogens (tertiary/aromatic N) is 1. The molecular formula is C6H15NOS2. The van der Waals surface area contributed by atoms with Gasteiger partial charge in [0.2, 0.25) is 0 Å². The lowest BCUT2D eigenvalue weighted by Gasteiger charge is -2.15. The molecule has 0 radical (unpaired) electrons. The Morgan fingerprint density at radius 3 is 2.50 bits per heavy atom. The fourth-order valence-corrected chi connectivity index (χ4v) is 1.81. The van der Waals surface area contributed by atoms with Gasteiger partial charge in [0, 0.05) is 12.4 Å². The van der Waals surface area contributed by atoms with E-state index in [-0.39, 0.29) is 0 Å². The first kappa shape index (κ1) is 10.6. The summed E-state index contributed by atoms with van der Waals surface area (Å²) in [6, 6.07) is 0. The summed E-state index contributed by atoms with van der Waals surface area (Å²) >= 11 is 3.49. The molecule has 0 atom stereocenters. The number of rotatable bonds is 6. The molecular weight excluding hydrogens is 166 g/mol. The largest absolute Gasteiger partial charge is 0.365 e. The molecule has 0 saturated carbocycles. The average Bonchev–Trinajstić information content (AvgIpc) is 1.98. The monoisotopic (exact) mass is 181 g/mol. The van der Waals surface area contributed by atoms with Crippen LogP contribution >= 0.6 is 23.9 Å². The van der Waals surface area contributed by atoms with E-state index >= 15 is 0 Å². The summed E-state index contributed by atoms with van der Waals surface area (Å²) < 4.78 is 7.35. The highest BCUT2D eigenvalue weighted by atomic mass is 32.2. The Morgan fingerprint density at radius 2 is 2.10 bits per heavy atom. The van der Waals surface area contributed by atoms with Crippen molar-refractivity contribution < 1.29 is 4.74 Å². The molecule has 0 spiro atoms. The summed E-state index contributed by atoms with van der Waals surface area (Å²) in [5.74, 6) is 1.11. The van der Waals surface area contributed by atoms with Gasteiger partial charge in [-0.2, -0.15) is 3.71 Å². The fourth-order valence-electron chi connectivity index (χ4n) is 0.452. The van der Waals surface area contributed by atoms with E-state index in [1.54, 1.807) is 23.9 Å². The Balaban J connectivity index is 3.21. The first-order valence-electron chi connectivity index (χ1n) is 3.37. The molecule has 4 heteroatoms. The van der Waals surface area contributed by atoms with Crippen molar-refractivity contribution in [3.8, 4) is 0 Å². The number of hydrogen-bond acceptors (Lipinski definition) is 4. The molecule has 62 valence electrons. The SMILES string of the molecule is CCOCN(SC)SCC. The Kier molecular flexibility index (Phi) is 8.20. The second-order valence-corrected chi connectivity index (χ2v) is 3.87. The zero-order valence-electron chi connectivity index (χ0n) is 6.79. The van der Waals surface area contributed by atoms with Gasteiger partial charge in [0.1, 0.15) is 6.73 Å². The second-order valence-electron chi connectivity index (χ2n) is 1.55. The Morgan fingerprint density at radius 1 is 1.40 bits per heavy atom. The number of ether oxygens (including phenoxy) is 1. The maximum atomic E-state index is 5.22. The molecule has 0 fully saturated rings. The van der Waals surface area contributed by atoms with Gasteiger partial charge in [-0.15, -0.1) is 0 Å². The lowest BCUT2D eigenvalue weighted by atomic mass is 10.9. The van der Waals surface area contributed by atoms with Crippen LogP contribution in [-0.4, -0.2) is 29.1 Å². The summed E-state index contributed by atoms with van der Waals surface area (Å²) in [6.07, 6.45) is 2.06. The minimum absolute atomic E-state index is 0.718. The molecule has 0 bridgehead atoms. The van der Waals surface area contributed by atoms with E-state index < -0.39 is 0 Å². The van der Waals surface area contributed by atoms with E-state index in [0.29, 0.717) is 0 Å². The summed E-state index contributed by atoms with van der Waals surface area (Å²) in [7, 11) is 0. The van der Waals surface area contributed by atoms with Crippen molar-refractivity contribution in [2.75, 3.05) is 25.3 Å². The first-order chi connectivity index (χ1) is 4.85. The van der Waals surface area contributed by atoms with Crippen LogP contribution in [0.3, 0.4) is 0 Å². The van der Waals surface area contributed by atoms with E-state index in [9.17, 15) is 0 Å². The highest BCUT2D eigenvalue weighted by Gasteiger charge is 1.99. The maximum Gasteiger partial charge on any atom is 0.118 e. The van der Waals surface area contributed by atoms with Crippen LogP contribution in [0.25, 0.3) is 0 Å². The van der Waals surface area contributed by atoms with E-state index in [4.69, 9.17) is 4.74 Å². The van der Waals surface area contributed by atoms with Gasteiger partial charge >= 0.3 is 0 Å². The van der Waals surface area contributed by atoms with Crippen LogP contribution in [0.15, 0.2) is 0 Å². The second kappa shape index (κ2) is 7.72. The third kappa shape index (κ3) is 5.41. The van der Waals surface area contributed by atoms with Gasteiger partial charge in [-0.3, -0.25) is 0 Å². The summed E-state index contributed by atoms with van der Waals surface area (Å²) in [5.41, 5.74) is 0. The van der Waals surface area contributed by atoms with Crippen LogP contribution in [0.1, 0.15) is 13.8 Å². The van der Waals surface area contributed by atoms with Crippen molar-refractivity contribution in [3.05, 3.63) is 0 Å². The molecule has 0 aliphatic carbocycles. The van der Waals surface area contributed by atoms with E-state index in [0.717, 1.165) is 19.1 Å². The molecule has 0 aromatic heterocycles. The minimum atomic E-state index is 0.718. The predicted octanol–water partition coefficient (Wildman–Crippen LogP) is 2.23. The standard InChI is InChI=1S/C6H15NOS2/c1-4-8-6-7(9-3)10-5-2/h4-6H2,1-3H3. The molecule has 0 aliphatic heterocycles. The van der Waals surface area contributed by atoms with Crippen LogP contribution in [-0.2, 0) is 4.74 Å². The molecule has 0 unspecified atom stereocenters. The fraction of sp³-hybridized carbons (Fsp3) is 1.00. The predicted molar refractivity (Wildman–Crippen MR) is 50.0 cm³/mol. The Hall–Kier alpha value is 0.620. The minimum Gasteiger partial charge on any atom is -0.365 e. The Labute approximate surface area is 72.0 Å². The van der Waals surface area contributed by atoms with E-state index in [2.05, 4.69) is 16.9 Å². The van der Waals surface area contributed by atoms with Crippen molar-refractivity contribution >= 4 is 23.9 Å². The van der Waals surface area contributed by atoms with E-state index in [1.807, 2.05) is 6.92 Å². The van der Waals surface area contributed by atoms with Crippen molar-refractivity contribution in [3.63, 3.8) is 0 Å². The lowest BCUT2D eigenvalue weighted by molar-refractivity contribution is 0.119. The lowest BCUT2D eigenvalue weighted by Crippen LogP contribution is -2.11. The van der Waals surface area contributed by atoms with Crippen molar-refractivity contribution in [1.29, 1.82) is 0 Å². The molecule has 10 heavy (non-hydrogen) atoms. The highest BCUT2D eigenvalue weighted by molar-refractivity contribution is 8.11. The average molecular weight is 181 g/mol. The van der Waals surface area contributed by atoms with Gasteiger partial charge in [0.25, 0.3) is 0 Å². The summed E-state index contributed by atoms with van der Waals surface area (Å²) in [4.78, 5) is 0. The van der Waals surface area contributed by atoms with Crippen LogP contribution in [0, 0.1) is 0 Å². The van der Waals surface area contributed by atoms with Crippen molar-refractivity contribution in [2.24, 2.45) is 0 Å². The van der Waals surface area contributed by atoms with Crippen molar-refractivity contribution in [2.45, 2.75) is 13.8 Å². The zero-order valence-corrected chi connectivity index (χ0v) is 8.43. The zero-order chi connectivity index (χ0) is 7.82. The molecule has 0 heterocycles. The van der Waals surface area contributed by atoms with Gasteiger partial charge in [0.05, 0.1) is 0 Å². The topological polar surface area (TPSA) is 12.5 Å². The number of hydrogen-bond donors (Lipinski definition) is 0. The molecule has 0 saturated heterocycles. The summed E-state index contributed by atoms with van der Waals surface area (Å²) in [5, 5.41) is 0. The molecule has 0 aliphatic rings. The first-order valence-corrected chi connectivity index (χ1v) is 5.49. The normalized spacial score (nSPS) is 10.8. The molecule has 0 rings (SSSR count). The molecule has 2 nitrogen and oxygen atoms in total. The summed E-state index contributed by atoms with van der Waals surface area (Å²) in [6.45, 7) is 5.66. The van der Waals surface area contributed by atoms with Crippen LogP contribution in [0.2, 0.25) is 0 Å². The van der Waals surface area contributed by atoms with Crippen LogP contribution in [0.5, 0.6) is 0 Å².